The van der Waals surface area contributed by atoms with E-state index < -0.39 is 27.3 Å². The van der Waals surface area contributed by atoms with Crippen LogP contribution in [0.4, 0.5) is 14.5 Å². The van der Waals surface area contributed by atoms with E-state index in [-0.39, 0.29) is 4.90 Å². The lowest BCUT2D eigenvalue weighted by Crippen LogP contribution is -2.15. The number of anilines is 1. The van der Waals surface area contributed by atoms with Gasteiger partial charge in [0, 0.05) is 21.9 Å². The molecule has 0 saturated carbocycles. The number of thiophene rings is 1. The van der Waals surface area contributed by atoms with Crippen molar-refractivity contribution in [2.45, 2.75) is 25.7 Å². The summed E-state index contributed by atoms with van der Waals surface area (Å²) in [6.45, 7) is 5.11. The molecule has 0 amide bonds. The van der Waals surface area contributed by atoms with E-state index >= 15 is 0 Å². The number of benzene rings is 1. The van der Waals surface area contributed by atoms with Crippen LogP contribution in [0.3, 0.4) is 0 Å². The fourth-order valence-corrected chi connectivity index (χ4v) is 5.45. The Balaban J connectivity index is 2.13. The van der Waals surface area contributed by atoms with E-state index in [4.69, 9.17) is 4.52 Å². The summed E-state index contributed by atoms with van der Waals surface area (Å²) in [6, 6.07) is 4.19. The summed E-state index contributed by atoms with van der Waals surface area (Å²) in [5, 5.41) is 3.78. The molecule has 3 aromatic rings. The number of aryl methyl sites for hydroxylation is 3. The highest BCUT2D eigenvalue weighted by atomic mass is 32.2. The number of hydrogen-bond donors (Lipinski definition) is 1. The van der Waals surface area contributed by atoms with Gasteiger partial charge < -0.3 is 4.52 Å². The molecule has 2 heterocycles. The van der Waals surface area contributed by atoms with Crippen molar-refractivity contribution in [1.82, 2.24) is 5.16 Å². The lowest BCUT2D eigenvalue weighted by atomic mass is 10.2. The highest BCUT2D eigenvalue weighted by Crippen LogP contribution is 2.40. The molecular weight excluding hydrogens is 370 g/mol. The van der Waals surface area contributed by atoms with Crippen molar-refractivity contribution in [3.05, 3.63) is 51.3 Å². The van der Waals surface area contributed by atoms with Crippen molar-refractivity contribution in [2.75, 3.05) is 4.72 Å². The van der Waals surface area contributed by atoms with E-state index in [2.05, 4.69) is 9.88 Å². The van der Waals surface area contributed by atoms with Gasteiger partial charge in [0.1, 0.15) is 16.5 Å². The predicted molar refractivity (Wildman–Crippen MR) is 91.2 cm³/mol. The Bertz CT molecular complexity index is 1060. The number of rotatable bonds is 4. The van der Waals surface area contributed by atoms with Crippen LogP contribution >= 0.6 is 11.3 Å². The fraction of sp³-hybridized carbons (Fsp3) is 0.188. The number of hydrogen-bond acceptors (Lipinski definition) is 5. The minimum atomic E-state index is -4.17. The molecule has 3 rings (SSSR count). The number of halogens is 2. The molecule has 0 spiro atoms. The third kappa shape index (κ3) is 3.29. The van der Waals surface area contributed by atoms with E-state index in [1.54, 1.807) is 26.8 Å². The summed E-state index contributed by atoms with van der Waals surface area (Å²) in [6.07, 6.45) is 0. The van der Waals surface area contributed by atoms with Gasteiger partial charge in [0.2, 0.25) is 0 Å². The molecule has 1 aromatic carbocycles. The molecule has 1 N–H and O–H groups in total. The minimum Gasteiger partial charge on any atom is -0.356 e. The maximum absolute atomic E-state index is 13.8. The molecule has 0 fully saturated rings. The van der Waals surface area contributed by atoms with Crippen molar-refractivity contribution < 1.29 is 21.7 Å². The number of aromatic nitrogens is 1. The number of sulfonamides is 1. The topological polar surface area (TPSA) is 72.2 Å². The van der Waals surface area contributed by atoms with Crippen LogP contribution in [0.2, 0.25) is 0 Å². The van der Waals surface area contributed by atoms with Gasteiger partial charge in [0.15, 0.2) is 5.76 Å². The zero-order valence-electron chi connectivity index (χ0n) is 13.6. The Kier molecular flexibility index (Phi) is 4.38. The Morgan fingerprint density at radius 2 is 1.84 bits per heavy atom. The Morgan fingerprint density at radius 1 is 1.12 bits per heavy atom. The van der Waals surface area contributed by atoms with Crippen LogP contribution < -0.4 is 4.72 Å². The largest absolute Gasteiger partial charge is 0.356 e. The molecular formula is C16H14F2N2O3S2. The first kappa shape index (κ1) is 17.6. The van der Waals surface area contributed by atoms with Crippen molar-refractivity contribution >= 4 is 27.0 Å². The molecule has 0 aliphatic rings. The highest BCUT2D eigenvalue weighted by Gasteiger charge is 2.29. The first-order valence-electron chi connectivity index (χ1n) is 7.20. The summed E-state index contributed by atoms with van der Waals surface area (Å²) in [7, 11) is -4.17. The van der Waals surface area contributed by atoms with Gasteiger partial charge in [-0.15, -0.1) is 11.3 Å². The quantitative estimate of drug-likeness (QED) is 0.723. The third-order valence-corrected chi connectivity index (χ3v) is 6.21. The van der Waals surface area contributed by atoms with Gasteiger partial charge >= 0.3 is 0 Å². The molecule has 0 atom stereocenters. The Morgan fingerprint density at radius 3 is 2.48 bits per heavy atom. The van der Waals surface area contributed by atoms with Crippen LogP contribution in [0.5, 0.6) is 0 Å². The van der Waals surface area contributed by atoms with Crippen LogP contribution in [-0.2, 0) is 10.0 Å². The van der Waals surface area contributed by atoms with E-state index in [0.29, 0.717) is 26.8 Å². The molecule has 0 aliphatic carbocycles. The van der Waals surface area contributed by atoms with Crippen LogP contribution in [0.1, 0.15) is 15.4 Å². The van der Waals surface area contributed by atoms with Gasteiger partial charge in [0.25, 0.3) is 10.0 Å². The Hall–Kier alpha value is -2.26. The van der Waals surface area contributed by atoms with Crippen LogP contribution in [0, 0.1) is 32.4 Å². The van der Waals surface area contributed by atoms with Gasteiger partial charge in [-0.2, -0.15) is 0 Å². The maximum atomic E-state index is 13.8. The molecule has 5 nitrogen and oxygen atoms in total. The highest BCUT2D eigenvalue weighted by molar-refractivity contribution is 7.93. The summed E-state index contributed by atoms with van der Waals surface area (Å²) < 4.78 is 60.2. The van der Waals surface area contributed by atoms with Gasteiger partial charge in [0.05, 0.1) is 16.9 Å². The number of nitrogens with one attached hydrogen (secondary N) is 1. The van der Waals surface area contributed by atoms with Crippen molar-refractivity contribution in [2.24, 2.45) is 0 Å². The first-order valence-corrected chi connectivity index (χ1v) is 9.50. The van der Waals surface area contributed by atoms with Crippen molar-refractivity contribution in [3.8, 4) is 11.3 Å². The van der Waals surface area contributed by atoms with E-state index in [9.17, 15) is 17.2 Å². The molecule has 0 saturated heterocycles. The second kappa shape index (κ2) is 6.23. The fourth-order valence-electron chi connectivity index (χ4n) is 2.52. The van der Waals surface area contributed by atoms with Gasteiger partial charge in [-0.1, -0.05) is 5.16 Å². The normalized spacial score (nSPS) is 11.7. The molecule has 25 heavy (non-hydrogen) atoms. The van der Waals surface area contributed by atoms with E-state index in [1.807, 2.05) is 0 Å². The van der Waals surface area contributed by atoms with Crippen molar-refractivity contribution in [3.63, 3.8) is 0 Å². The smallest absolute Gasteiger partial charge is 0.263 e. The molecule has 9 heteroatoms. The molecule has 0 aliphatic heterocycles. The number of nitrogens with zero attached hydrogens (tertiary/aromatic N) is 1. The zero-order valence-corrected chi connectivity index (χ0v) is 15.2. The van der Waals surface area contributed by atoms with Gasteiger partial charge in [-0.25, -0.2) is 17.2 Å². The molecule has 0 bridgehead atoms. The molecule has 0 unspecified atom stereocenters. The zero-order chi connectivity index (χ0) is 18.4. The van der Waals surface area contributed by atoms with Crippen LogP contribution in [-0.4, -0.2) is 13.6 Å². The van der Waals surface area contributed by atoms with Crippen LogP contribution in [0.25, 0.3) is 11.3 Å². The lowest BCUT2D eigenvalue weighted by molar-refractivity contribution is 0.426. The SMILES string of the molecule is Cc1cc(-c2c(C)sc(C)c2S(=O)(=O)Nc2cc(F)ccc2F)on1. The Labute approximate surface area is 147 Å². The van der Waals surface area contributed by atoms with Crippen LogP contribution in [0.15, 0.2) is 33.7 Å². The molecule has 0 radical (unpaired) electrons. The molecule has 132 valence electrons. The van der Waals surface area contributed by atoms with Crippen molar-refractivity contribution in [1.29, 1.82) is 0 Å². The lowest BCUT2D eigenvalue weighted by Gasteiger charge is -2.10. The van der Waals surface area contributed by atoms with E-state index in [0.717, 1.165) is 18.2 Å². The van der Waals surface area contributed by atoms with E-state index in [1.165, 1.54) is 11.3 Å². The van der Waals surface area contributed by atoms with Gasteiger partial charge in [-0.3, -0.25) is 4.72 Å². The van der Waals surface area contributed by atoms with Gasteiger partial charge in [-0.05, 0) is 32.9 Å². The second-order valence-corrected chi connectivity index (χ2v) is 8.53. The summed E-state index contributed by atoms with van der Waals surface area (Å²) in [4.78, 5) is 1.19. The predicted octanol–water partition coefficient (Wildman–Crippen LogP) is 4.41. The minimum absolute atomic E-state index is 0.0326. The summed E-state index contributed by atoms with van der Waals surface area (Å²) >= 11 is 1.27. The summed E-state index contributed by atoms with van der Waals surface area (Å²) in [5.74, 6) is -1.31. The standard InChI is InChI=1S/C16H14F2N2O3S2/c1-8-6-14(23-19-8)15-9(2)24-10(3)16(15)25(21,22)20-13-7-11(17)4-5-12(13)18/h4-7,20H,1-3H3. The third-order valence-electron chi connectivity index (χ3n) is 3.52. The average molecular weight is 384 g/mol. The maximum Gasteiger partial charge on any atom is 0.263 e. The average Bonchev–Trinajstić information content (AvgIpc) is 3.05. The second-order valence-electron chi connectivity index (χ2n) is 5.48. The molecule has 2 aromatic heterocycles. The summed E-state index contributed by atoms with van der Waals surface area (Å²) in [5.41, 5.74) is 0.515. The monoisotopic (exact) mass is 384 g/mol. The first-order chi connectivity index (χ1) is 11.7.